The zero-order valence-corrected chi connectivity index (χ0v) is 8.93. The van der Waals surface area contributed by atoms with E-state index in [2.05, 4.69) is 10.0 Å². The van der Waals surface area contributed by atoms with Crippen LogP contribution in [-0.2, 0) is 6.54 Å². The fraction of sp³-hybridized carbons (Fsp3) is 0.300. The van der Waals surface area contributed by atoms with Crippen molar-refractivity contribution in [3.05, 3.63) is 35.9 Å². The molecule has 0 fully saturated rings. The molecule has 1 rings (SSSR count). The van der Waals surface area contributed by atoms with Crippen LogP contribution >= 0.6 is 11.9 Å². The van der Waals surface area contributed by atoms with E-state index in [1.807, 2.05) is 37.3 Å². The molecule has 3 nitrogen and oxygen atoms in total. The lowest BCUT2D eigenvalue weighted by Gasteiger charge is -2.05. The SMILES string of the molecule is CCSNC(=O)NCc1ccccc1. The van der Waals surface area contributed by atoms with Crippen molar-refractivity contribution in [3.63, 3.8) is 0 Å². The van der Waals surface area contributed by atoms with E-state index in [9.17, 15) is 4.79 Å². The van der Waals surface area contributed by atoms with Crippen LogP contribution in [-0.4, -0.2) is 11.8 Å². The van der Waals surface area contributed by atoms with Crippen LogP contribution in [0.4, 0.5) is 4.79 Å². The number of hydrogen-bond acceptors (Lipinski definition) is 2. The Kier molecular flexibility index (Phi) is 4.93. The number of amides is 2. The third-order valence-electron chi connectivity index (χ3n) is 1.61. The summed E-state index contributed by atoms with van der Waals surface area (Å²) in [4.78, 5) is 11.1. The molecule has 1 aromatic carbocycles. The van der Waals surface area contributed by atoms with Crippen molar-refractivity contribution < 1.29 is 4.79 Å². The van der Waals surface area contributed by atoms with E-state index in [4.69, 9.17) is 0 Å². The van der Waals surface area contributed by atoms with Gasteiger partial charge in [0.1, 0.15) is 0 Å². The topological polar surface area (TPSA) is 41.1 Å². The first-order valence-corrected chi connectivity index (χ1v) is 5.51. The van der Waals surface area contributed by atoms with Gasteiger partial charge in [-0.2, -0.15) is 0 Å². The standard InChI is InChI=1S/C10H14N2OS/c1-2-14-12-10(13)11-8-9-6-4-3-5-7-9/h3-7H,2,8H2,1H3,(H2,11,12,13). The molecule has 0 unspecified atom stereocenters. The number of carbonyl (C=O) groups excluding carboxylic acids is 1. The van der Waals surface area contributed by atoms with Crippen LogP contribution in [0.1, 0.15) is 12.5 Å². The molecule has 2 amide bonds. The van der Waals surface area contributed by atoms with Crippen molar-refractivity contribution in [2.75, 3.05) is 5.75 Å². The van der Waals surface area contributed by atoms with E-state index in [0.717, 1.165) is 11.3 Å². The quantitative estimate of drug-likeness (QED) is 0.748. The predicted molar refractivity (Wildman–Crippen MR) is 59.9 cm³/mol. The molecule has 0 aliphatic carbocycles. The van der Waals surface area contributed by atoms with E-state index in [1.165, 1.54) is 11.9 Å². The van der Waals surface area contributed by atoms with Gasteiger partial charge in [0.15, 0.2) is 0 Å². The van der Waals surface area contributed by atoms with Gasteiger partial charge in [-0.1, -0.05) is 37.3 Å². The highest BCUT2D eigenvalue weighted by molar-refractivity contribution is 7.97. The third kappa shape index (κ3) is 4.18. The van der Waals surface area contributed by atoms with Gasteiger partial charge in [-0.15, -0.1) is 0 Å². The summed E-state index contributed by atoms with van der Waals surface area (Å²) >= 11 is 1.39. The summed E-state index contributed by atoms with van der Waals surface area (Å²) in [6, 6.07) is 9.68. The summed E-state index contributed by atoms with van der Waals surface area (Å²) in [5.41, 5.74) is 1.10. The number of nitrogens with one attached hydrogen (secondary N) is 2. The minimum atomic E-state index is -0.138. The summed E-state index contributed by atoms with van der Waals surface area (Å²) in [5.74, 6) is 0.874. The van der Waals surface area contributed by atoms with Gasteiger partial charge in [0.2, 0.25) is 0 Å². The summed E-state index contributed by atoms with van der Waals surface area (Å²) < 4.78 is 2.67. The average Bonchev–Trinajstić information content (AvgIpc) is 2.25. The van der Waals surface area contributed by atoms with Crippen LogP contribution in [0.15, 0.2) is 30.3 Å². The van der Waals surface area contributed by atoms with Crippen molar-refractivity contribution in [1.29, 1.82) is 0 Å². The van der Waals surface area contributed by atoms with Gasteiger partial charge in [0, 0.05) is 12.3 Å². The molecule has 0 aromatic heterocycles. The van der Waals surface area contributed by atoms with Crippen LogP contribution in [0.3, 0.4) is 0 Å². The van der Waals surface area contributed by atoms with Crippen LogP contribution in [0.25, 0.3) is 0 Å². The predicted octanol–water partition coefficient (Wildman–Crippen LogP) is 2.15. The van der Waals surface area contributed by atoms with Crippen LogP contribution in [0, 0.1) is 0 Å². The smallest absolute Gasteiger partial charge is 0.325 e. The molecule has 0 atom stereocenters. The maximum Gasteiger partial charge on any atom is 0.325 e. The number of hydrogen-bond donors (Lipinski definition) is 2. The van der Waals surface area contributed by atoms with Gasteiger partial charge >= 0.3 is 6.03 Å². The molecule has 14 heavy (non-hydrogen) atoms. The molecule has 0 aliphatic rings. The highest BCUT2D eigenvalue weighted by Gasteiger charge is 1.97. The Hall–Kier alpha value is -1.16. The summed E-state index contributed by atoms with van der Waals surface area (Å²) in [5, 5.41) is 2.76. The molecule has 0 saturated heterocycles. The number of rotatable bonds is 4. The van der Waals surface area contributed by atoms with Crippen molar-refractivity contribution in [2.45, 2.75) is 13.5 Å². The van der Waals surface area contributed by atoms with E-state index >= 15 is 0 Å². The molecule has 2 N–H and O–H groups in total. The zero-order chi connectivity index (χ0) is 10.2. The Balaban J connectivity index is 2.24. The molecule has 0 saturated carbocycles. The average molecular weight is 210 g/mol. The third-order valence-corrected chi connectivity index (χ3v) is 2.22. The highest BCUT2D eigenvalue weighted by Crippen LogP contribution is 1.97. The maximum absolute atomic E-state index is 11.1. The summed E-state index contributed by atoms with van der Waals surface area (Å²) in [6.07, 6.45) is 0. The molecule has 0 bridgehead atoms. The minimum absolute atomic E-state index is 0.138. The number of benzene rings is 1. The molecule has 0 heterocycles. The molecule has 1 aromatic rings. The van der Waals surface area contributed by atoms with Gasteiger partial charge in [0.05, 0.1) is 0 Å². The van der Waals surface area contributed by atoms with E-state index in [0.29, 0.717) is 6.54 Å². The largest absolute Gasteiger partial charge is 0.333 e. The molecule has 0 spiro atoms. The fourth-order valence-electron chi connectivity index (χ4n) is 0.952. The fourth-order valence-corrected chi connectivity index (χ4v) is 1.30. The molecular weight excluding hydrogens is 196 g/mol. The first-order valence-electron chi connectivity index (χ1n) is 4.52. The lowest BCUT2D eigenvalue weighted by Crippen LogP contribution is -2.30. The summed E-state index contributed by atoms with van der Waals surface area (Å²) in [6.45, 7) is 2.55. The van der Waals surface area contributed by atoms with E-state index in [-0.39, 0.29) is 6.03 Å². The van der Waals surface area contributed by atoms with Gasteiger partial charge in [-0.25, -0.2) is 4.79 Å². The molecular formula is C10H14N2OS. The Bertz CT molecular complexity index is 277. The van der Waals surface area contributed by atoms with Gasteiger partial charge < -0.3 is 5.32 Å². The van der Waals surface area contributed by atoms with Crippen LogP contribution in [0.5, 0.6) is 0 Å². The van der Waals surface area contributed by atoms with Crippen LogP contribution in [0.2, 0.25) is 0 Å². The van der Waals surface area contributed by atoms with Crippen LogP contribution < -0.4 is 10.0 Å². The lowest BCUT2D eigenvalue weighted by molar-refractivity contribution is 0.246. The normalized spacial score (nSPS) is 9.50. The minimum Gasteiger partial charge on any atom is -0.333 e. The maximum atomic E-state index is 11.1. The highest BCUT2D eigenvalue weighted by atomic mass is 32.2. The van der Waals surface area contributed by atoms with Gasteiger partial charge in [-0.05, 0) is 17.5 Å². The second-order valence-corrected chi connectivity index (χ2v) is 3.77. The second-order valence-electron chi connectivity index (χ2n) is 2.70. The van der Waals surface area contributed by atoms with Crippen molar-refractivity contribution in [3.8, 4) is 0 Å². The molecule has 0 aliphatic heterocycles. The van der Waals surface area contributed by atoms with E-state index in [1.54, 1.807) is 0 Å². The molecule has 0 radical (unpaired) electrons. The second kappa shape index (κ2) is 6.32. The monoisotopic (exact) mass is 210 g/mol. The lowest BCUT2D eigenvalue weighted by atomic mass is 10.2. The van der Waals surface area contributed by atoms with Gasteiger partial charge in [0.25, 0.3) is 0 Å². The zero-order valence-electron chi connectivity index (χ0n) is 8.12. The van der Waals surface area contributed by atoms with Crippen molar-refractivity contribution in [2.24, 2.45) is 0 Å². The van der Waals surface area contributed by atoms with Crippen molar-refractivity contribution in [1.82, 2.24) is 10.0 Å². The number of carbonyl (C=O) groups is 1. The van der Waals surface area contributed by atoms with Crippen molar-refractivity contribution >= 4 is 18.0 Å². The Labute approximate surface area is 88.4 Å². The first-order chi connectivity index (χ1) is 6.83. The Morgan fingerprint density at radius 1 is 1.36 bits per heavy atom. The summed E-state index contributed by atoms with van der Waals surface area (Å²) in [7, 11) is 0. The molecule has 76 valence electrons. The number of urea groups is 1. The Morgan fingerprint density at radius 3 is 2.71 bits per heavy atom. The van der Waals surface area contributed by atoms with Gasteiger partial charge in [-0.3, -0.25) is 4.72 Å². The van der Waals surface area contributed by atoms with E-state index < -0.39 is 0 Å². The molecule has 4 heteroatoms. The Morgan fingerprint density at radius 2 is 2.07 bits per heavy atom. The first kappa shape index (κ1) is 10.9.